The normalized spacial score (nSPS) is 52.9. The smallest absolute Gasteiger partial charge is 0.0773 e. The zero-order chi connectivity index (χ0) is 5.56. The van der Waals surface area contributed by atoms with Crippen molar-refractivity contribution in [2.75, 3.05) is 6.61 Å². The Labute approximate surface area is 49.0 Å². The largest absolute Gasteiger partial charge is 0.376 e. The van der Waals surface area contributed by atoms with Crippen LogP contribution in [-0.2, 0) is 4.74 Å². The second kappa shape index (κ2) is 1.45. The Kier molecular flexibility index (Phi) is 0.866. The van der Waals surface area contributed by atoms with E-state index in [0.717, 1.165) is 12.5 Å². The third-order valence-corrected chi connectivity index (χ3v) is 2.15. The zero-order valence-corrected chi connectivity index (χ0v) is 4.84. The molecule has 1 saturated carbocycles. The average Bonchev–Trinajstić information content (AvgIpc) is 2.46. The topological polar surface area (TPSA) is 35.2 Å². The van der Waals surface area contributed by atoms with Crippen LogP contribution in [0.2, 0.25) is 0 Å². The number of hydrogen-bond acceptors (Lipinski definition) is 2. The van der Waals surface area contributed by atoms with Crippen LogP contribution in [0.1, 0.15) is 12.8 Å². The molecule has 2 N–H and O–H groups in total. The first-order valence-electron chi connectivity index (χ1n) is 3.27. The number of fused-ring (bicyclic) bond motifs is 1. The minimum absolute atomic E-state index is 0.387. The molecule has 1 aliphatic carbocycles. The highest BCUT2D eigenvalue weighted by atomic mass is 16.5. The van der Waals surface area contributed by atoms with E-state index in [-0.39, 0.29) is 0 Å². The van der Waals surface area contributed by atoms with E-state index < -0.39 is 0 Å². The quantitative estimate of drug-likeness (QED) is 0.484. The van der Waals surface area contributed by atoms with Crippen molar-refractivity contribution in [3.05, 3.63) is 0 Å². The molecule has 1 saturated heterocycles. The second-order valence-electron chi connectivity index (χ2n) is 2.72. The summed E-state index contributed by atoms with van der Waals surface area (Å²) in [5.41, 5.74) is 5.65. The maximum atomic E-state index is 5.65. The third kappa shape index (κ3) is 0.501. The molecule has 46 valence electrons. The first kappa shape index (κ1) is 4.77. The highest BCUT2D eigenvalue weighted by Gasteiger charge is 2.49. The first-order valence-corrected chi connectivity index (χ1v) is 3.27. The fourth-order valence-electron chi connectivity index (χ4n) is 1.50. The van der Waals surface area contributed by atoms with Gasteiger partial charge in [-0.05, 0) is 12.8 Å². The van der Waals surface area contributed by atoms with Gasteiger partial charge in [0.05, 0.1) is 6.10 Å². The van der Waals surface area contributed by atoms with Crippen molar-refractivity contribution < 1.29 is 4.74 Å². The number of nitrogens with two attached hydrogens (primary N) is 1. The predicted molar refractivity (Wildman–Crippen MR) is 30.4 cm³/mol. The summed E-state index contributed by atoms with van der Waals surface area (Å²) in [4.78, 5) is 0. The molecule has 2 aliphatic rings. The molecule has 1 aliphatic heterocycles. The van der Waals surface area contributed by atoms with Crippen molar-refractivity contribution in [2.24, 2.45) is 11.7 Å². The third-order valence-electron chi connectivity index (χ3n) is 2.15. The molecule has 2 rings (SSSR count). The fourth-order valence-corrected chi connectivity index (χ4v) is 1.50. The van der Waals surface area contributed by atoms with Crippen molar-refractivity contribution in [2.45, 2.75) is 25.0 Å². The van der Waals surface area contributed by atoms with Crippen LogP contribution in [0.5, 0.6) is 0 Å². The zero-order valence-electron chi connectivity index (χ0n) is 4.84. The van der Waals surface area contributed by atoms with Crippen LogP contribution in [0.15, 0.2) is 0 Å². The van der Waals surface area contributed by atoms with E-state index in [1.165, 1.54) is 12.8 Å². The standard InChI is InChI=1S/C6H11NO/c7-5-4-2-1-3-8-6(4)5/h4-6H,1-3,7H2/t4-,5+,6+/m0/s1. The molecular weight excluding hydrogens is 102 g/mol. The van der Waals surface area contributed by atoms with Crippen LogP contribution in [0.4, 0.5) is 0 Å². The van der Waals surface area contributed by atoms with Gasteiger partial charge < -0.3 is 10.5 Å². The van der Waals surface area contributed by atoms with Gasteiger partial charge in [0.1, 0.15) is 0 Å². The van der Waals surface area contributed by atoms with Gasteiger partial charge in [-0.1, -0.05) is 0 Å². The number of rotatable bonds is 0. The van der Waals surface area contributed by atoms with Gasteiger partial charge in [-0.2, -0.15) is 0 Å². The second-order valence-corrected chi connectivity index (χ2v) is 2.72. The molecule has 1 heterocycles. The molecule has 0 amide bonds. The molecule has 8 heavy (non-hydrogen) atoms. The Balaban J connectivity index is 1.97. The number of ether oxygens (including phenoxy) is 1. The van der Waals surface area contributed by atoms with Gasteiger partial charge in [0.15, 0.2) is 0 Å². The van der Waals surface area contributed by atoms with Crippen molar-refractivity contribution >= 4 is 0 Å². The molecule has 3 atom stereocenters. The van der Waals surface area contributed by atoms with Gasteiger partial charge in [-0.15, -0.1) is 0 Å². The Morgan fingerprint density at radius 1 is 1.50 bits per heavy atom. The van der Waals surface area contributed by atoms with Crippen LogP contribution in [0, 0.1) is 5.92 Å². The summed E-state index contributed by atoms with van der Waals surface area (Å²) in [6.07, 6.45) is 2.96. The summed E-state index contributed by atoms with van der Waals surface area (Å²) >= 11 is 0. The maximum absolute atomic E-state index is 5.65. The Bertz CT molecular complexity index is 92.7. The molecule has 0 radical (unpaired) electrons. The van der Waals surface area contributed by atoms with Gasteiger partial charge in [-0.3, -0.25) is 0 Å². The predicted octanol–water partition coefficient (Wildman–Crippen LogP) is 0.122. The minimum atomic E-state index is 0.387. The van der Waals surface area contributed by atoms with Gasteiger partial charge in [-0.25, -0.2) is 0 Å². The highest BCUT2D eigenvalue weighted by molar-refractivity contribution is 5.04. The lowest BCUT2D eigenvalue weighted by Crippen LogP contribution is -2.08. The molecule has 0 aromatic heterocycles. The van der Waals surface area contributed by atoms with E-state index in [1.807, 2.05) is 0 Å². The van der Waals surface area contributed by atoms with Crippen LogP contribution < -0.4 is 5.73 Å². The molecule has 2 nitrogen and oxygen atoms in total. The maximum Gasteiger partial charge on any atom is 0.0773 e. The van der Waals surface area contributed by atoms with E-state index in [9.17, 15) is 0 Å². The minimum Gasteiger partial charge on any atom is -0.376 e. The first-order chi connectivity index (χ1) is 3.89. The molecule has 0 spiro atoms. The summed E-state index contributed by atoms with van der Waals surface area (Å²) in [6.45, 7) is 0.939. The Hall–Kier alpha value is -0.0800. The van der Waals surface area contributed by atoms with Crippen molar-refractivity contribution in [1.82, 2.24) is 0 Å². The Morgan fingerprint density at radius 3 is 2.88 bits per heavy atom. The average molecular weight is 113 g/mol. The fraction of sp³-hybridized carbons (Fsp3) is 1.00. The molecule has 0 aromatic carbocycles. The monoisotopic (exact) mass is 113 g/mol. The molecule has 2 fully saturated rings. The number of hydrogen-bond donors (Lipinski definition) is 1. The summed E-state index contributed by atoms with van der Waals surface area (Å²) in [5, 5.41) is 0. The van der Waals surface area contributed by atoms with E-state index in [1.54, 1.807) is 0 Å². The van der Waals surface area contributed by atoms with Crippen LogP contribution in [0.3, 0.4) is 0 Å². The van der Waals surface area contributed by atoms with Crippen molar-refractivity contribution in [1.29, 1.82) is 0 Å². The molecule has 2 heteroatoms. The molecule has 0 aromatic rings. The lowest BCUT2D eigenvalue weighted by molar-refractivity contribution is 0.0783. The van der Waals surface area contributed by atoms with Crippen LogP contribution in [-0.4, -0.2) is 18.8 Å². The summed E-state index contributed by atoms with van der Waals surface area (Å²) in [6, 6.07) is 0.387. The lowest BCUT2D eigenvalue weighted by Gasteiger charge is -2.06. The van der Waals surface area contributed by atoms with Crippen molar-refractivity contribution in [3.8, 4) is 0 Å². The van der Waals surface area contributed by atoms with Gasteiger partial charge >= 0.3 is 0 Å². The summed E-state index contributed by atoms with van der Waals surface area (Å²) in [5.74, 6) is 0.726. The lowest BCUT2D eigenvalue weighted by atomic mass is 10.2. The van der Waals surface area contributed by atoms with Gasteiger partial charge in [0.2, 0.25) is 0 Å². The van der Waals surface area contributed by atoms with Crippen molar-refractivity contribution in [3.63, 3.8) is 0 Å². The van der Waals surface area contributed by atoms with E-state index in [2.05, 4.69) is 0 Å². The molecule has 0 unspecified atom stereocenters. The van der Waals surface area contributed by atoms with Crippen LogP contribution in [0.25, 0.3) is 0 Å². The summed E-state index contributed by atoms with van der Waals surface area (Å²) in [7, 11) is 0. The molecule has 0 bridgehead atoms. The Morgan fingerprint density at radius 2 is 2.38 bits per heavy atom. The summed E-state index contributed by atoms with van der Waals surface area (Å²) < 4.78 is 5.34. The SMILES string of the molecule is N[C@@H]1[C@@H]2CCCO[C@@H]12. The van der Waals surface area contributed by atoms with E-state index in [4.69, 9.17) is 10.5 Å². The van der Waals surface area contributed by atoms with Gasteiger partial charge in [0, 0.05) is 18.6 Å². The van der Waals surface area contributed by atoms with Crippen LogP contribution >= 0.6 is 0 Å². The van der Waals surface area contributed by atoms with E-state index in [0.29, 0.717) is 12.1 Å². The van der Waals surface area contributed by atoms with E-state index >= 15 is 0 Å². The highest BCUT2D eigenvalue weighted by Crippen LogP contribution is 2.39. The van der Waals surface area contributed by atoms with Gasteiger partial charge in [0.25, 0.3) is 0 Å². The molecular formula is C6H11NO.